The number of esters is 1. The number of alkyl halides is 3. The molecule has 0 aromatic heterocycles. The number of benzene rings is 1. The lowest BCUT2D eigenvalue weighted by molar-refractivity contribution is -0.137. The van der Waals surface area contributed by atoms with Crippen LogP contribution in [0.1, 0.15) is 41.6 Å². The van der Waals surface area contributed by atoms with Gasteiger partial charge in [0, 0.05) is 5.69 Å². The number of carbonyl (C=O) groups excluding carboxylic acids is 1. The van der Waals surface area contributed by atoms with Crippen molar-refractivity contribution in [3.8, 4) is 0 Å². The fourth-order valence-corrected chi connectivity index (χ4v) is 2.36. The Hall–Kier alpha value is -1.72. The number of halogens is 3. The van der Waals surface area contributed by atoms with Gasteiger partial charge in [0.25, 0.3) is 0 Å². The van der Waals surface area contributed by atoms with E-state index in [0.717, 1.165) is 43.9 Å². The van der Waals surface area contributed by atoms with Crippen LogP contribution in [0.3, 0.4) is 0 Å². The molecular formula is C14H16F3NO2. The molecule has 0 radical (unpaired) electrons. The molecule has 2 rings (SSSR count). The first-order chi connectivity index (χ1) is 9.38. The van der Waals surface area contributed by atoms with Gasteiger partial charge in [0.1, 0.15) is 0 Å². The summed E-state index contributed by atoms with van der Waals surface area (Å²) >= 11 is 0. The number of nitrogens with two attached hydrogens (primary N) is 1. The molecule has 0 spiro atoms. The molecule has 0 heterocycles. The van der Waals surface area contributed by atoms with Crippen molar-refractivity contribution in [3.63, 3.8) is 0 Å². The van der Waals surface area contributed by atoms with E-state index in [2.05, 4.69) is 0 Å². The van der Waals surface area contributed by atoms with E-state index < -0.39 is 17.7 Å². The molecule has 0 unspecified atom stereocenters. The Labute approximate surface area is 114 Å². The van der Waals surface area contributed by atoms with Crippen LogP contribution in [0.2, 0.25) is 0 Å². The molecular weight excluding hydrogens is 271 g/mol. The van der Waals surface area contributed by atoms with Crippen LogP contribution >= 0.6 is 0 Å². The van der Waals surface area contributed by atoms with Gasteiger partial charge in [-0.25, -0.2) is 4.79 Å². The zero-order valence-corrected chi connectivity index (χ0v) is 10.9. The van der Waals surface area contributed by atoms with Crippen LogP contribution in [0.15, 0.2) is 18.2 Å². The molecule has 0 amide bonds. The van der Waals surface area contributed by atoms with Gasteiger partial charge in [-0.15, -0.1) is 0 Å². The highest BCUT2D eigenvalue weighted by atomic mass is 19.4. The van der Waals surface area contributed by atoms with E-state index in [0.29, 0.717) is 5.92 Å². The maximum absolute atomic E-state index is 12.6. The normalized spacial score (nSPS) is 16.4. The number of hydrogen-bond acceptors (Lipinski definition) is 3. The Morgan fingerprint density at radius 2 is 1.95 bits per heavy atom. The molecule has 1 fully saturated rings. The van der Waals surface area contributed by atoms with Gasteiger partial charge in [-0.2, -0.15) is 13.2 Å². The van der Waals surface area contributed by atoms with Gasteiger partial charge in [0.05, 0.1) is 17.7 Å². The maximum atomic E-state index is 12.6. The van der Waals surface area contributed by atoms with E-state index in [1.165, 1.54) is 0 Å². The Balaban J connectivity index is 2.08. The van der Waals surface area contributed by atoms with Crippen LogP contribution in [0.25, 0.3) is 0 Å². The van der Waals surface area contributed by atoms with E-state index in [4.69, 9.17) is 10.5 Å². The first kappa shape index (κ1) is 14.7. The van der Waals surface area contributed by atoms with Crippen molar-refractivity contribution < 1.29 is 22.7 Å². The van der Waals surface area contributed by atoms with Gasteiger partial charge in [-0.05, 0) is 37.0 Å². The molecule has 20 heavy (non-hydrogen) atoms. The summed E-state index contributed by atoms with van der Waals surface area (Å²) < 4.78 is 42.9. The Kier molecular flexibility index (Phi) is 4.20. The third-order valence-electron chi connectivity index (χ3n) is 3.53. The number of carbonyl (C=O) groups is 1. The monoisotopic (exact) mass is 287 g/mol. The van der Waals surface area contributed by atoms with Crippen LogP contribution in [0, 0.1) is 5.92 Å². The van der Waals surface area contributed by atoms with E-state index >= 15 is 0 Å². The highest BCUT2D eigenvalue weighted by Gasteiger charge is 2.32. The summed E-state index contributed by atoms with van der Waals surface area (Å²) in [6.07, 6.45) is -0.313. The number of anilines is 1. The van der Waals surface area contributed by atoms with E-state index in [-0.39, 0.29) is 17.9 Å². The van der Waals surface area contributed by atoms with Gasteiger partial charge < -0.3 is 10.5 Å². The van der Waals surface area contributed by atoms with Crippen LogP contribution in [0.5, 0.6) is 0 Å². The lowest BCUT2D eigenvalue weighted by Crippen LogP contribution is -2.15. The zero-order chi connectivity index (χ0) is 14.8. The van der Waals surface area contributed by atoms with Crippen LogP contribution in [0.4, 0.5) is 18.9 Å². The standard InChI is InChI=1S/C14H16F3NO2/c15-14(16,17)10-5-6-12(18)11(7-10)13(19)20-8-9-3-1-2-4-9/h5-7,9H,1-4,8,18H2. The summed E-state index contributed by atoms with van der Waals surface area (Å²) in [5.74, 6) is -0.480. The lowest BCUT2D eigenvalue weighted by atomic mass is 10.1. The molecule has 0 atom stereocenters. The zero-order valence-electron chi connectivity index (χ0n) is 10.9. The predicted molar refractivity (Wildman–Crippen MR) is 68.1 cm³/mol. The molecule has 6 heteroatoms. The van der Waals surface area contributed by atoms with Crippen molar-refractivity contribution in [1.29, 1.82) is 0 Å². The smallest absolute Gasteiger partial charge is 0.416 e. The average molecular weight is 287 g/mol. The minimum Gasteiger partial charge on any atom is -0.462 e. The first-order valence-corrected chi connectivity index (χ1v) is 6.52. The Morgan fingerprint density at radius 3 is 2.55 bits per heavy atom. The number of hydrogen-bond donors (Lipinski definition) is 1. The summed E-state index contributed by atoms with van der Waals surface area (Å²) in [5.41, 5.74) is 4.42. The van der Waals surface area contributed by atoms with Gasteiger partial charge in [-0.3, -0.25) is 0 Å². The van der Waals surface area contributed by atoms with Crippen LogP contribution < -0.4 is 5.73 Å². The molecule has 1 aromatic rings. The van der Waals surface area contributed by atoms with Gasteiger partial charge in [0.15, 0.2) is 0 Å². The molecule has 110 valence electrons. The summed E-state index contributed by atoms with van der Waals surface area (Å²) in [6, 6.07) is 2.67. The van der Waals surface area contributed by atoms with Crippen molar-refractivity contribution in [2.75, 3.05) is 12.3 Å². The second kappa shape index (κ2) is 5.73. The Bertz CT molecular complexity index is 494. The second-order valence-corrected chi connectivity index (χ2v) is 5.05. The molecule has 2 N–H and O–H groups in total. The molecule has 1 aromatic carbocycles. The van der Waals surface area contributed by atoms with Gasteiger partial charge >= 0.3 is 12.1 Å². The molecule has 0 saturated heterocycles. The van der Waals surface area contributed by atoms with Gasteiger partial charge in [0.2, 0.25) is 0 Å². The Morgan fingerprint density at radius 1 is 1.30 bits per heavy atom. The van der Waals surface area contributed by atoms with Crippen molar-refractivity contribution in [2.45, 2.75) is 31.9 Å². The van der Waals surface area contributed by atoms with Crippen LogP contribution in [-0.4, -0.2) is 12.6 Å². The van der Waals surface area contributed by atoms with Crippen molar-refractivity contribution >= 4 is 11.7 Å². The highest BCUT2D eigenvalue weighted by Crippen LogP contribution is 2.31. The molecule has 1 aliphatic carbocycles. The summed E-state index contributed by atoms with van der Waals surface area (Å²) in [6.45, 7) is 0.245. The summed E-state index contributed by atoms with van der Waals surface area (Å²) in [4.78, 5) is 11.8. The minimum absolute atomic E-state index is 0.00516. The maximum Gasteiger partial charge on any atom is 0.416 e. The number of ether oxygens (including phenoxy) is 1. The number of rotatable bonds is 3. The lowest BCUT2D eigenvalue weighted by Gasteiger charge is -2.13. The summed E-state index contributed by atoms with van der Waals surface area (Å²) in [7, 11) is 0. The van der Waals surface area contributed by atoms with Crippen molar-refractivity contribution in [2.24, 2.45) is 5.92 Å². The van der Waals surface area contributed by atoms with Crippen LogP contribution in [-0.2, 0) is 10.9 Å². The molecule has 0 aliphatic heterocycles. The second-order valence-electron chi connectivity index (χ2n) is 5.05. The topological polar surface area (TPSA) is 52.3 Å². The van der Waals surface area contributed by atoms with Crippen molar-refractivity contribution in [3.05, 3.63) is 29.3 Å². The first-order valence-electron chi connectivity index (χ1n) is 6.52. The van der Waals surface area contributed by atoms with Crippen molar-refractivity contribution in [1.82, 2.24) is 0 Å². The quantitative estimate of drug-likeness (QED) is 0.682. The highest BCUT2D eigenvalue weighted by molar-refractivity contribution is 5.95. The minimum atomic E-state index is -4.51. The van der Waals surface area contributed by atoms with E-state index in [1.54, 1.807) is 0 Å². The fraction of sp³-hybridized carbons (Fsp3) is 0.500. The third-order valence-corrected chi connectivity index (χ3v) is 3.53. The SMILES string of the molecule is Nc1ccc(C(F)(F)F)cc1C(=O)OCC1CCCC1. The molecule has 0 bridgehead atoms. The average Bonchev–Trinajstić information content (AvgIpc) is 2.88. The molecule has 3 nitrogen and oxygen atoms in total. The third kappa shape index (κ3) is 3.43. The van der Waals surface area contributed by atoms with E-state index in [1.807, 2.05) is 0 Å². The van der Waals surface area contributed by atoms with Gasteiger partial charge in [-0.1, -0.05) is 12.8 Å². The fourth-order valence-electron chi connectivity index (χ4n) is 2.36. The molecule has 1 aliphatic rings. The predicted octanol–water partition coefficient (Wildman–Crippen LogP) is 3.63. The summed E-state index contributed by atoms with van der Waals surface area (Å²) in [5, 5.41) is 0. The number of nitrogen functional groups attached to an aromatic ring is 1. The largest absolute Gasteiger partial charge is 0.462 e. The van der Waals surface area contributed by atoms with E-state index in [9.17, 15) is 18.0 Å². The molecule has 1 saturated carbocycles.